The number of nitrogens with two attached hydrogens (primary N) is 1. The van der Waals surface area contributed by atoms with Gasteiger partial charge in [-0.1, -0.05) is 26.1 Å². The van der Waals surface area contributed by atoms with E-state index < -0.39 is 0 Å². The Morgan fingerprint density at radius 3 is 2.58 bits per heavy atom. The number of carbonyl (C=O) groups is 1. The third kappa shape index (κ3) is 5.21. The van der Waals surface area contributed by atoms with Gasteiger partial charge >= 0.3 is 0 Å². The Balaban J connectivity index is 2.54. The van der Waals surface area contributed by atoms with Gasteiger partial charge in [0, 0.05) is 18.3 Å². The van der Waals surface area contributed by atoms with Crippen LogP contribution in [-0.2, 0) is 4.79 Å². The Morgan fingerprint density at radius 1 is 1.42 bits per heavy atom. The predicted octanol–water partition coefficient (Wildman–Crippen LogP) is 1.29. The number of rotatable bonds is 6. The average Bonchev–Trinajstić information content (AvgIpc) is 2.36. The number of aromatic nitrogens is 1. The normalized spacial score (nSPS) is 12.0. The van der Waals surface area contributed by atoms with E-state index in [2.05, 4.69) is 15.6 Å². The van der Waals surface area contributed by atoms with Crippen molar-refractivity contribution < 1.29 is 4.79 Å². The molecule has 1 unspecified atom stereocenters. The van der Waals surface area contributed by atoms with Crippen molar-refractivity contribution in [2.24, 2.45) is 11.7 Å². The Kier molecular flexibility index (Phi) is 5.69. The molecular weight excluding hydrogens is 260 g/mol. The number of carbonyl (C=O) groups excluding carboxylic acids is 1. The molecular formula is C13H20N4OS. The van der Waals surface area contributed by atoms with E-state index in [0.717, 1.165) is 0 Å². The molecule has 0 bridgehead atoms. The fourth-order valence-electron chi connectivity index (χ4n) is 1.37. The second kappa shape index (κ2) is 7.04. The van der Waals surface area contributed by atoms with Gasteiger partial charge in [-0.15, -0.1) is 0 Å². The van der Waals surface area contributed by atoms with Crippen molar-refractivity contribution in [2.45, 2.75) is 26.8 Å². The number of amides is 1. The number of thiocarbonyl (C=S) groups is 1. The van der Waals surface area contributed by atoms with Gasteiger partial charge in [-0.05, 0) is 25.0 Å². The van der Waals surface area contributed by atoms with Crippen LogP contribution in [0.3, 0.4) is 0 Å². The van der Waals surface area contributed by atoms with Crippen molar-refractivity contribution >= 4 is 28.9 Å². The largest absolute Gasteiger partial charge is 0.389 e. The number of hydrogen-bond acceptors (Lipinski definition) is 4. The molecule has 1 atom stereocenters. The highest BCUT2D eigenvalue weighted by atomic mass is 32.1. The zero-order chi connectivity index (χ0) is 14.4. The highest BCUT2D eigenvalue weighted by Gasteiger charge is 2.12. The van der Waals surface area contributed by atoms with Crippen LogP contribution in [0.5, 0.6) is 0 Å². The molecule has 0 aliphatic heterocycles. The van der Waals surface area contributed by atoms with Crippen molar-refractivity contribution in [3.63, 3.8) is 0 Å². The topological polar surface area (TPSA) is 80.0 Å². The monoisotopic (exact) mass is 280 g/mol. The van der Waals surface area contributed by atoms with Gasteiger partial charge in [0.05, 0.1) is 0 Å². The van der Waals surface area contributed by atoms with Crippen LogP contribution in [0.25, 0.3) is 0 Å². The van der Waals surface area contributed by atoms with Gasteiger partial charge in [-0.3, -0.25) is 4.79 Å². The Labute approximate surface area is 119 Å². The van der Waals surface area contributed by atoms with Gasteiger partial charge in [-0.25, -0.2) is 4.98 Å². The molecule has 0 radical (unpaired) electrons. The molecule has 19 heavy (non-hydrogen) atoms. The molecule has 5 nitrogen and oxygen atoms in total. The SMILES string of the molecule is CC(C)CNC(=O)C(C)Nc1ccc(C(N)=S)cn1. The van der Waals surface area contributed by atoms with E-state index in [0.29, 0.717) is 28.8 Å². The number of nitrogens with zero attached hydrogens (tertiary/aromatic N) is 1. The summed E-state index contributed by atoms with van der Waals surface area (Å²) < 4.78 is 0. The summed E-state index contributed by atoms with van der Waals surface area (Å²) in [4.78, 5) is 16.3. The zero-order valence-corrected chi connectivity index (χ0v) is 12.3. The maximum absolute atomic E-state index is 11.8. The van der Waals surface area contributed by atoms with E-state index in [1.165, 1.54) is 0 Å². The molecule has 0 aromatic carbocycles. The maximum atomic E-state index is 11.8. The van der Waals surface area contributed by atoms with Crippen LogP contribution in [0.2, 0.25) is 0 Å². The molecule has 0 aliphatic rings. The highest BCUT2D eigenvalue weighted by molar-refractivity contribution is 7.80. The summed E-state index contributed by atoms with van der Waals surface area (Å²) in [7, 11) is 0. The summed E-state index contributed by atoms with van der Waals surface area (Å²) in [6, 6.07) is 3.18. The van der Waals surface area contributed by atoms with E-state index in [1.807, 2.05) is 13.8 Å². The molecule has 0 fully saturated rings. The summed E-state index contributed by atoms with van der Waals surface area (Å²) in [6.45, 7) is 6.56. The van der Waals surface area contributed by atoms with Gasteiger partial charge in [-0.2, -0.15) is 0 Å². The minimum absolute atomic E-state index is 0.0473. The first-order valence-corrected chi connectivity index (χ1v) is 6.61. The molecule has 1 aromatic heterocycles. The first-order chi connectivity index (χ1) is 8.90. The number of anilines is 1. The lowest BCUT2D eigenvalue weighted by atomic mass is 10.2. The third-order valence-corrected chi connectivity index (χ3v) is 2.73. The van der Waals surface area contributed by atoms with Crippen molar-refractivity contribution in [1.29, 1.82) is 0 Å². The quantitative estimate of drug-likeness (QED) is 0.684. The van der Waals surface area contributed by atoms with E-state index in [9.17, 15) is 4.79 Å². The summed E-state index contributed by atoms with van der Waals surface area (Å²) in [5.74, 6) is 1.00. The highest BCUT2D eigenvalue weighted by Crippen LogP contribution is 2.06. The molecule has 1 heterocycles. The molecule has 104 valence electrons. The van der Waals surface area contributed by atoms with E-state index in [4.69, 9.17) is 18.0 Å². The lowest BCUT2D eigenvalue weighted by Gasteiger charge is -2.15. The Hall–Kier alpha value is -1.69. The van der Waals surface area contributed by atoms with Gasteiger partial charge in [0.25, 0.3) is 0 Å². The van der Waals surface area contributed by atoms with Gasteiger partial charge < -0.3 is 16.4 Å². The van der Waals surface area contributed by atoms with Crippen LogP contribution in [0.15, 0.2) is 18.3 Å². The van der Waals surface area contributed by atoms with E-state index in [-0.39, 0.29) is 11.9 Å². The van der Waals surface area contributed by atoms with Crippen LogP contribution in [-0.4, -0.2) is 28.5 Å². The van der Waals surface area contributed by atoms with Crippen LogP contribution in [0.4, 0.5) is 5.82 Å². The van der Waals surface area contributed by atoms with Crippen LogP contribution in [0.1, 0.15) is 26.3 Å². The second-order valence-corrected chi connectivity index (χ2v) is 5.24. The molecule has 0 aliphatic carbocycles. The number of hydrogen-bond donors (Lipinski definition) is 3. The summed E-state index contributed by atoms with van der Waals surface area (Å²) in [5.41, 5.74) is 6.19. The summed E-state index contributed by atoms with van der Waals surface area (Å²) in [6.07, 6.45) is 1.59. The van der Waals surface area contributed by atoms with Crippen molar-refractivity contribution in [1.82, 2.24) is 10.3 Å². The van der Waals surface area contributed by atoms with Gasteiger partial charge in [0.15, 0.2) is 0 Å². The summed E-state index contributed by atoms with van der Waals surface area (Å²) >= 11 is 4.85. The van der Waals surface area contributed by atoms with Crippen LogP contribution >= 0.6 is 12.2 Å². The van der Waals surface area contributed by atoms with Crippen molar-refractivity contribution in [3.05, 3.63) is 23.9 Å². The molecule has 6 heteroatoms. The third-order valence-electron chi connectivity index (χ3n) is 2.49. The van der Waals surface area contributed by atoms with E-state index in [1.54, 1.807) is 25.3 Å². The zero-order valence-electron chi connectivity index (χ0n) is 11.4. The minimum Gasteiger partial charge on any atom is -0.389 e. The molecule has 4 N–H and O–H groups in total. The lowest BCUT2D eigenvalue weighted by Crippen LogP contribution is -2.39. The minimum atomic E-state index is -0.345. The predicted molar refractivity (Wildman–Crippen MR) is 81.1 cm³/mol. The van der Waals surface area contributed by atoms with Gasteiger partial charge in [0.1, 0.15) is 16.8 Å². The fourth-order valence-corrected chi connectivity index (χ4v) is 1.49. The molecule has 1 aromatic rings. The van der Waals surface area contributed by atoms with Crippen LogP contribution in [0, 0.1) is 5.92 Å². The number of nitrogens with one attached hydrogen (secondary N) is 2. The summed E-state index contributed by atoms with van der Waals surface area (Å²) in [5, 5.41) is 5.89. The molecule has 1 amide bonds. The molecule has 0 spiro atoms. The number of pyridine rings is 1. The average molecular weight is 280 g/mol. The van der Waals surface area contributed by atoms with Crippen LogP contribution < -0.4 is 16.4 Å². The maximum Gasteiger partial charge on any atom is 0.242 e. The molecule has 1 rings (SSSR count). The standard InChI is InChI=1S/C13H20N4OS/c1-8(2)6-16-13(18)9(3)17-11-5-4-10(7-15-11)12(14)19/h4-5,7-9H,6H2,1-3H3,(H2,14,19)(H,15,17)(H,16,18). The molecule has 0 saturated heterocycles. The van der Waals surface area contributed by atoms with Gasteiger partial charge in [0.2, 0.25) is 5.91 Å². The fraction of sp³-hybridized carbons (Fsp3) is 0.462. The van der Waals surface area contributed by atoms with E-state index >= 15 is 0 Å². The first kappa shape index (κ1) is 15.4. The molecule has 0 saturated carbocycles. The van der Waals surface area contributed by atoms with Crippen molar-refractivity contribution in [2.75, 3.05) is 11.9 Å². The Morgan fingerprint density at radius 2 is 2.11 bits per heavy atom. The lowest BCUT2D eigenvalue weighted by molar-refractivity contribution is -0.121. The first-order valence-electron chi connectivity index (χ1n) is 6.20. The van der Waals surface area contributed by atoms with Crippen molar-refractivity contribution in [3.8, 4) is 0 Å². The second-order valence-electron chi connectivity index (χ2n) is 4.80. The Bertz CT molecular complexity index is 444. The smallest absolute Gasteiger partial charge is 0.242 e.